The van der Waals surface area contributed by atoms with Crippen LogP contribution in [0.2, 0.25) is 0 Å². The minimum atomic E-state index is -0.0964. The maximum atomic E-state index is 12.6. The van der Waals surface area contributed by atoms with E-state index in [2.05, 4.69) is 46.1 Å². The molecule has 1 aliphatic rings. The molecule has 0 saturated carbocycles. The number of allylic oxidation sites excluding steroid dienone is 1. The van der Waals surface area contributed by atoms with Crippen molar-refractivity contribution in [2.24, 2.45) is 9.98 Å². The van der Waals surface area contributed by atoms with Gasteiger partial charge in [0.1, 0.15) is 5.82 Å². The Morgan fingerprint density at radius 3 is 2.85 bits per heavy atom. The fraction of sp³-hybridized carbons (Fsp3) is 0.440. The van der Waals surface area contributed by atoms with E-state index in [1.807, 2.05) is 51.1 Å². The first-order chi connectivity index (χ1) is 15.8. The average molecular weight is 467 g/mol. The normalized spacial score (nSPS) is 16.5. The van der Waals surface area contributed by atoms with Crippen molar-refractivity contribution in [2.75, 3.05) is 18.4 Å². The molecule has 0 radical (unpaired) electrons. The zero-order chi connectivity index (χ0) is 24.0. The molecule has 7 nitrogen and oxygen atoms in total. The third-order valence-corrected chi connectivity index (χ3v) is 6.24. The van der Waals surface area contributed by atoms with Crippen LogP contribution in [0.25, 0.3) is 0 Å². The van der Waals surface area contributed by atoms with Crippen molar-refractivity contribution in [1.29, 1.82) is 0 Å². The second kappa shape index (κ2) is 11.2. The number of nitrogens with zero attached hydrogens (tertiary/aromatic N) is 4. The number of carbonyl (C=O) groups excluding carboxylic acids is 1. The Balaban J connectivity index is 1.82. The van der Waals surface area contributed by atoms with Crippen LogP contribution >= 0.6 is 11.3 Å². The number of nitrogens with one attached hydrogen (secondary N) is 2. The first-order valence-electron chi connectivity index (χ1n) is 11.4. The zero-order valence-corrected chi connectivity index (χ0v) is 21.0. The Bertz CT molecular complexity index is 1050. The van der Waals surface area contributed by atoms with Crippen LogP contribution in [0.15, 0.2) is 46.1 Å². The number of thiazole rings is 1. The highest BCUT2D eigenvalue weighted by Gasteiger charge is 2.28. The molecule has 0 fully saturated rings. The summed E-state index contributed by atoms with van der Waals surface area (Å²) in [4.78, 5) is 29.7. The van der Waals surface area contributed by atoms with E-state index in [1.54, 1.807) is 11.3 Å². The molecule has 2 heterocycles. The van der Waals surface area contributed by atoms with E-state index in [4.69, 9.17) is 4.98 Å². The van der Waals surface area contributed by atoms with Crippen molar-refractivity contribution in [2.45, 2.75) is 59.5 Å². The maximum absolute atomic E-state index is 12.6. The Kier molecular flexibility index (Phi) is 8.38. The summed E-state index contributed by atoms with van der Waals surface area (Å²) in [6.07, 6.45) is 3.02. The number of hydrogen-bond acceptors (Lipinski definition) is 7. The van der Waals surface area contributed by atoms with Gasteiger partial charge in [-0.2, -0.15) is 0 Å². The van der Waals surface area contributed by atoms with Crippen LogP contribution in [0.3, 0.4) is 0 Å². The summed E-state index contributed by atoms with van der Waals surface area (Å²) in [5, 5.41) is 7.12. The van der Waals surface area contributed by atoms with E-state index in [-0.39, 0.29) is 17.9 Å². The van der Waals surface area contributed by atoms with Crippen LogP contribution in [0.4, 0.5) is 10.8 Å². The molecule has 1 atom stereocenters. The predicted octanol–water partition coefficient (Wildman–Crippen LogP) is 5.36. The fourth-order valence-corrected chi connectivity index (χ4v) is 4.86. The maximum Gasteiger partial charge on any atom is 0.253 e. The monoisotopic (exact) mass is 466 g/mol. The fourth-order valence-electron chi connectivity index (χ4n) is 3.75. The van der Waals surface area contributed by atoms with E-state index in [1.165, 1.54) is 4.88 Å². The summed E-state index contributed by atoms with van der Waals surface area (Å²) in [7, 11) is 0. The number of aromatic nitrogens is 1. The van der Waals surface area contributed by atoms with E-state index < -0.39 is 0 Å². The van der Waals surface area contributed by atoms with E-state index in [0.717, 1.165) is 54.1 Å². The van der Waals surface area contributed by atoms with Crippen LogP contribution in [0.5, 0.6) is 0 Å². The Hall–Kier alpha value is -3.00. The van der Waals surface area contributed by atoms with Gasteiger partial charge in [0, 0.05) is 41.7 Å². The van der Waals surface area contributed by atoms with Gasteiger partial charge in [-0.1, -0.05) is 37.3 Å². The highest BCUT2D eigenvalue weighted by Crippen LogP contribution is 2.37. The van der Waals surface area contributed by atoms with Crippen LogP contribution in [0.1, 0.15) is 67.9 Å². The molecule has 1 aliphatic heterocycles. The summed E-state index contributed by atoms with van der Waals surface area (Å²) < 4.78 is 0. The minimum Gasteiger partial charge on any atom is -0.351 e. The molecule has 2 N–H and O–H groups in total. The zero-order valence-electron chi connectivity index (χ0n) is 20.2. The molecule has 176 valence electrons. The molecule has 3 rings (SSSR count). The molecular formula is C25H34N6OS. The lowest BCUT2D eigenvalue weighted by atomic mass is 10.0. The molecule has 0 saturated heterocycles. The molecule has 1 aromatic carbocycles. The summed E-state index contributed by atoms with van der Waals surface area (Å²) in [5.74, 6) is 0.988. The van der Waals surface area contributed by atoms with Crippen molar-refractivity contribution in [3.8, 4) is 0 Å². The summed E-state index contributed by atoms with van der Waals surface area (Å²) >= 11 is 1.62. The van der Waals surface area contributed by atoms with Gasteiger partial charge in [-0.25, -0.2) is 9.98 Å². The molecule has 1 aromatic heterocycles. The number of para-hydroxylation sites is 1. The van der Waals surface area contributed by atoms with Crippen LogP contribution in [-0.2, 0) is 6.54 Å². The van der Waals surface area contributed by atoms with Gasteiger partial charge in [-0.15, -0.1) is 0 Å². The van der Waals surface area contributed by atoms with Crippen molar-refractivity contribution < 1.29 is 4.79 Å². The number of amides is 1. The number of rotatable bonds is 9. The van der Waals surface area contributed by atoms with Gasteiger partial charge >= 0.3 is 0 Å². The van der Waals surface area contributed by atoms with Gasteiger partial charge in [-0.3, -0.25) is 9.79 Å². The molecule has 0 bridgehead atoms. The molecule has 0 spiro atoms. The van der Waals surface area contributed by atoms with E-state index in [0.29, 0.717) is 5.56 Å². The van der Waals surface area contributed by atoms with Crippen molar-refractivity contribution >= 4 is 40.5 Å². The van der Waals surface area contributed by atoms with Gasteiger partial charge in [0.2, 0.25) is 0 Å². The predicted molar refractivity (Wildman–Crippen MR) is 139 cm³/mol. The van der Waals surface area contributed by atoms with Gasteiger partial charge in [0.05, 0.1) is 23.5 Å². The SMILES string of the molecule is C=N/C(=C\C(C)=NCCC)N1Cc2sc(Nc3ccccc3C(=O)NC(C)C)nc2C(C)C1. The Morgan fingerprint density at radius 1 is 1.39 bits per heavy atom. The lowest BCUT2D eigenvalue weighted by molar-refractivity contribution is 0.0944. The second-order valence-corrected chi connectivity index (χ2v) is 9.68. The molecule has 1 unspecified atom stereocenters. The highest BCUT2D eigenvalue weighted by atomic mass is 32.1. The number of fused-ring (bicyclic) bond motifs is 1. The van der Waals surface area contributed by atoms with Crippen molar-refractivity contribution in [3.63, 3.8) is 0 Å². The molecule has 1 amide bonds. The summed E-state index contributed by atoms with van der Waals surface area (Å²) in [6.45, 7) is 16.3. The first kappa shape index (κ1) is 24.6. The lowest BCUT2D eigenvalue weighted by Gasteiger charge is -2.31. The average Bonchev–Trinajstić information content (AvgIpc) is 3.19. The lowest BCUT2D eigenvalue weighted by Crippen LogP contribution is -2.31. The van der Waals surface area contributed by atoms with E-state index in [9.17, 15) is 4.79 Å². The summed E-state index contributed by atoms with van der Waals surface area (Å²) in [6, 6.07) is 7.59. The molecule has 8 heteroatoms. The summed E-state index contributed by atoms with van der Waals surface area (Å²) in [5.41, 5.74) is 3.42. The number of benzene rings is 1. The molecule has 33 heavy (non-hydrogen) atoms. The molecular weight excluding hydrogens is 432 g/mol. The quantitative estimate of drug-likeness (QED) is 0.488. The van der Waals surface area contributed by atoms with Crippen molar-refractivity contribution in [1.82, 2.24) is 15.2 Å². The van der Waals surface area contributed by atoms with Gasteiger partial charge in [-0.05, 0) is 46.0 Å². The van der Waals surface area contributed by atoms with Gasteiger partial charge in [0.15, 0.2) is 5.13 Å². The van der Waals surface area contributed by atoms with Crippen LogP contribution < -0.4 is 10.6 Å². The number of carbonyl (C=O) groups is 1. The van der Waals surface area contributed by atoms with Crippen LogP contribution in [-0.4, -0.2) is 47.4 Å². The van der Waals surface area contributed by atoms with Gasteiger partial charge < -0.3 is 15.5 Å². The first-order valence-corrected chi connectivity index (χ1v) is 12.2. The third-order valence-electron chi connectivity index (χ3n) is 5.26. The standard InChI is InChI=1S/C25H34N6OS/c1-7-12-27-18(5)13-22(26-6)31-14-17(4)23-21(15-31)33-25(30-23)29-20-11-9-8-10-19(20)24(32)28-16(2)3/h8-11,13,16-17H,6-7,12,14-15H2,1-5H3,(H,28,32)(H,29,30)/b22-13+,27-18?. The number of aliphatic imine (C=N–C) groups is 2. The Morgan fingerprint density at radius 2 is 2.15 bits per heavy atom. The van der Waals surface area contributed by atoms with Gasteiger partial charge in [0.25, 0.3) is 5.91 Å². The number of hydrogen-bond donors (Lipinski definition) is 2. The van der Waals surface area contributed by atoms with E-state index >= 15 is 0 Å². The second-order valence-electron chi connectivity index (χ2n) is 8.59. The Labute approximate surface area is 200 Å². The third kappa shape index (κ3) is 6.28. The van der Waals surface area contributed by atoms with Crippen LogP contribution in [0, 0.1) is 0 Å². The minimum absolute atomic E-state index is 0.0703. The topological polar surface area (TPSA) is 82.0 Å². The number of anilines is 2. The molecule has 0 aliphatic carbocycles. The van der Waals surface area contributed by atoms with Crippen molar-refractivity contribution in [3.05, 3.63) is 52.3 Å². The smallest absolute Gasteiger partial charge is 0.253 e. The highest BCUT2D eigenvalue weighted by molar-refractivity contribution is 7.15. The largest absolute Gasteiger partial charge is 0.351 e. The molecule has 2 aromatic rings.